The van der Waals surface area contributed by atoms with Crippen LogP contribution in [0.2, 0.25) is 0 Å². The molecule has 0 bridgehead atoms. The first-order valence-electron chi connectivity index (χ1n) is 8.82. The van der Waals surface area contributed by atoms with Gasteiger partial charge in [-0.1, -0.05) is 12.1 Å². The number of nitrogens with one attached hydrogen (secondary N) is 1. The van der Waals surface area contributed by atoms with Gasteiger partial charge in [0.05, 0.1) is 13.7 Å². The molecule has 27 heavy (non-hydrogen) atoms. The van der Waals surface area contributed by atoms with Gasteiger partial charge in [-0.15, -0.1) is 0 Å². The van der Waals surface area contributed by atoms with Gasteiger partial charge in [0.2, 0.25) is 5.88 Å². The maximum atomic E-state index is 12.8. The quantitative estimate of drug-likeness (QED) is 0.889. The number of ether oxygens (including phenoxy) is 2. The second kappa shape index (κ2) is 6.86. The predicted molar refractivity (Wildman–Crippen MR) is 96.4 cm³/mol. The second-order valence-corrected chi connectivity index (χ2v) is 6.71. The van der Waals surface area contributed by atoms with Crippen molar-refractivity contribution in [2.24, 2.45) is 0 Å². The highest BCUT2D eigenvalue weighted by molar-refractivity contribution is 5.94. The van der Waals surface area contributed by atoms with E-state index < -0.39 is 5.60 Å². The molecule has 3 heterocycles. The molecule has 2 saturated heterocycles. The number of alkyl carbamates (subject to hydrolysis) is 1. The molecule has 1 aromatic heterocycles. The lowest BCUT2D eigenvalue weighted by molar-refractivity contribution is 0.00331. The van der Waals surface area contributed by atoms with Crippen LogP contribution >= 0.6 is 0 Å². The smallest absolute Gasteiger partial charge is 0.407 e. The summed E-state index contributed by atoms with van der Waals surface area (Å²) in [5, 5.41) is 2.70. The topological polar surface area (TPSA) is 93.7 Å². The Morgan fingerprint density at radius 1 is 1.19 bits per heavy atom. The summed E-state index contributed by atoms with van der Waals surface area (Å²) in [7, 11) is 1.55. The van der Waals surface area contributed by atoms with E-state index in [4.69, 9.17) is 9.47 Å². The fourth-order valence-electron chi connectivity index (χ4n) is 3.52. The Morgan fingerprint density at radius 3 is 2.52 bits per heavy atom. The Kier molecular flexibility index (Phi) is 4.39. The van der Waals surface area contributed by atoms with Crippen molar-refractivity contribution in [1.82, 2.24) is 20.2 Å². The van der Waals surface area contributed by atoms with E-state index in [0.717, 1.165) is 5.56 Å². The number of hydrogen-bond donors (Lipinski definition) is 1. The summed E-state index contributed by atoms with van der Waals surface area (Å²) in [6, 6.07) is 7.25. The SMILES string of the molecule is COc1nccnc1-c1ccc(C(=O)N2CCC3(CC2)CNC(=O)O3)cc1. The summed E-state index contributed by atoms with van der Waals surface area (Å²) >= 11 is 0. The van der Waals surface area contributed by atoms with Crippen LogP contribution in [0.5, 0.6) is 5.88 Å². The van der Waals surface area contributed by atoms with Crippen molar-refractivity contribution in [3.8, 4) is 17.1 Å². The van der Waals surface area contributed by atoms with E-state index in [1.54, 1.807) is 36.5 Å². The number of amides is 2. The Bertz CT molecular complexity index is 860. The van der Waals surface area contributed by atoms with Crippen molar-refractivity contribution in [1.29, 1.82) is 0 Å². The largest absolute Gasteiger partial charge is 0.479 e. The van der Waals surface area contributed by atoms with Gasteiger partial charge in [-0.05, 0) is 12.1 Å². The second-order valence-electron chi connectivity index (χ2n) is 6.71. The molecule has 0 atom stereocenters. The highest BCUT2D eigenvalue weighted by atomic mass is 16.6. The molecule has 0 radical (unpaired) electrons. The van der Waals surface area contributed by atoms with Crippen LogP contribution in [0.1, 0.15) is 23.2 Å². The third-order valence-corrected chi connectivity index (χ3v) is 5.09. The van der Waals surface area contributed by atoms with Crippen molar-refractivity contribution in [3.05, 3.63) is 42.2 Å². The fourth-order valence-corrected chi connectivity index (χ4v) is 3.52. The Hall–Kier alpha value is -3.16. The lowest BCUT2D eigenvalue weighted by Gasteiger charge is -2.37. The molecule has 1 spiro atoms. The van der Waals surface area contributed by atoms with Gasteiger partial charge in [0.25, 0.3) is 5.91 Å². The molecular weight excluding hydrogens is 348 g/mol. The molecule has 2 fully saturated rings. The van der Waals surface area contributed by atoms with Crippen LogP contribution in [-0.4, -0.2) is 59.2 Å². The van der Waals surface area contributed by atoms with Crippen LogP contribution in [0.4, 0.5) is 4.79 Å². The minimum atomic E-state index is -0.458. The van der Waals surface area contributed by atoms with E-state index in [0.29, 0.717) is 49.6 Å². The number of rotatable bonds is 3. The molecule has 2 aliphatic rings. The summed E-state index contributed by atoms with van der Waals surface area (Å²) in [5.74, 6) is 0.414. The number of nitrogens with zero attached hydrogens (tertiary/aromatic N) is 3. The van der Waals surface area contributed by atoms with Crippen LogP contribution in [0.25, 0.3) is 11.3 Å². The number of aromatic nitrogens is 2. The minimum absolute atomic E-state index is 0.0280. The summed E-state index contributed by atoms with van der Waals surface area (Å²) in [6.07, 6.45) is 4.09. The highest BCUT2D eigenvalue weighted by Crippen LogP contribution is 2.30. The molecule has 0 aliphatic carbocycles. The van der Waals surface area contributed by atoms with Gasteiger partial charge < -0.3 is 19.7 Å². The number of hydrogen-bond acceptors (Lipinski definition) is 6. The maximum Gasteiger partial charge on any atom is 0.407 e. The Morgan fingerprint density at radius 2 is 1.89 bits per heavy atom. The third kappa shape index (κ3) is 3.30. The van der Waals surface area contributed by atoms with E-state index in [2.05, 4.69) is 15.3 Å². The Labute approximate surface area is 156 Å². The zero-order valence-electron chi connectivity index (χ0n) is 15.0. The molecule has 0 saturated carbocycles. The fraction of sp³-hybridized carbons (Fsp3) is 0.368. The predicted octanol–water partition coefficient (Wildman–Crippen LogP) is 1.87. The van der Waals surface area contributed by atoms with E-state index in [-0.39, 0.29) is 12.0 Å². The standard InChI is InChI=1S/C19H20N4O4/c1-26-16-15(20-8-9-21-16)13-2-4-14(5-3-13)17(24)23-10-6-19(7-11-23)12-22-18(25)27-19/h2-5,8-9H,6-7,10-12H2,1H3,(H,22,25). The van der Waals surface area contributed by atoms with Crippen LogP contribution in [0.3, 0.4) is 0 Å². The van der Waals surface area contributed by atoms with E-state index >= 15 is 0 Å². The molecule has 8 heteroatoms. The molecule has 1 N–H and O–H groups in total. The number of likely N-dealkylation sites (tertiary alicyclic amines) is 1. The summed E-state index contributed by atoms with van der Waals surface area (Å²) in [6.45, 7) is 1.64. The van der Waals surface area contributed by atoms with Crippen molar-refractivity contribution >= 4 is 12.0 Å². The maximum absolute atomic E-state index is 12.8. The molecule has 2 aliphatic heterocycles. The lowest BCUT2D eigenvalue weighted by atomic mass is 9.91. The first kappa shape index (κ1) is 17.3. The van der Waals surface area contributed by atoms with E-state index in [1.165, 1.54) is 0 Å². The molecule has 2 aromatic rings. The summed E-state index contributed by atoms with van der Waals surface area (Å²) in [5.41, 5.74) is 1.62. The third-order valence-electron chi connectivity index (χ3n) is 5.09. The Balaban J connectivity index is 1.45. The molecule has 2 amide bonds. The van der Waals surface area contributed by atoms with Gasteiger partial charge in [-0.2, -0.15) is 0 Å². The van der Waals surface area contributed by atoms with Crippen molar-refractivity contribution in [2.45, 2.75) is 18.4 Å². The number of carbonyl (C=O) groups is 2. The van der Waals surface area contributed by atoms with Gasteiger partial charge in [-0.3, -0.25) is 4.79 Å². The number of methoxy groups -OCH3 is 1. The normalized spacial score (nSPS) is 18.1. The molecule has 4 rings (SSSR count). The monoisotopic (exact) mass is 368 g/mol. The van der Waals surface area contributed by atoms with Gasteiger partial charge in [0.1, 0.15) is 11.3 Å². The van der Waals surface area contributed by atoms with Crippen LogP contribution in [-0.2, 0) is 4.74 Å². The van der Waals surface area contributed by atoms with Gasteiger partial charge in [0, 0.05) is 49.5 Å². The minimum Gasteiger partial charge on any atom is -0.479 e. The van der Waals surface area contributed by atoms with E-state index in [9.17, 15) is 9.59 Å². The number of piperidine rings is 1. The zero-order chi connectivity index (χ0) is 18.9. The average molecular weight is 368 g/mol. The van der Waals surface area contributed by atoms with Gasteiger partial charge in [-0.25, -0.2) is 14.8 Å². The van der Waals surface area contributed by atoms with Gasteiger partial charge >= 0.3 is 6.09 Å². The average Bonchev–Trinajstić information content (AvgIpc) is 3.08. The summed E-state index contributed by atoms with van der Waals surface area (Å²) < 4.78 is 10.6. The molecule has 1 aromatic carbocycles. The van der Waals surface area contributed by atoms with Crippen molar-refractivity contribution < 1.29 is 19.1 Å². The molecule has 140 valence electrons. The zero-order valence-corrected chi connectivity index (χ0v) is 15.0. The number of carbonyl (C=O) groups excluding carboxylic acids is 2. The highest BCUT2D eigenvalue weighted by Gasteiger charge is 2.43. The molecule has 8 nitrogen and oxygen atoms in total. The van der Waals surface area contributed by atoms with Crippen molar-refractivity contribution in [2.75, 3.05) is 26.7 Å². The van der Waals surface area contributed by atoms with Gasteiger partial charge in [0.15, 0.2) is 0 Å². The lowest BCUT2D eigenvalue weighted by Crippen LogP contribution is -2.48. The molecule has 0 unspecified atom stereocenters. The van der Waals surface area contributed by atoms with Crippen molar-refractivity contribution in [3.63, 3.8) is 0 Å². The van der Waals surface area contributed by atoms with Crippen LogP contribution in [0, 0.1) is 0 Å². The summed E-state index contributed by atoms with van der Waals surface area (Å²) in [4.78, 5) is 34.3. The van der Waals surface area contributed by atoms with E-state index in [1.807, 2.05) is 12.1 Å². The van der Waals surface area contributed by atoms with Crippen LogP contribution < -0.4 is 10.1 Å². The van der Waals surface area contributed by atoms with Crippen LogP contribution in [0.15, 0.2) is 36.7 Å². The first-order valence-corrected chi connectivity index (χ1v) is 8.82. The number of benzene rings is 1. The first-order chi connectivity index (χ1) is 13.1. The molecular formula is C19H20N4O4.